The van der Waals surface area contributed by atoms with Gasteiger partial charge in [-0.3, -0.25) is 0 Å². The zero-order valence-electron chi connectivity index (χ0n) is 15.9. The molecule has 0 saturated heterocycles. The smallest absolute Gasteiger partial charge is 0.191 e. The van der Waals surface area contributed by atoms with Crippen LogP contribution in [0.15, 0.2) is 29.3 Å². The minimum atomic E-state index is 0.660. The Hall–Kier alpha value is -1.92. The number of benzene rings is 1. The molecule has 0 spiro atoms. The van der Waals surface area contributed by atoms with Crippen LogP contribution in [0, 0.1) is 13.8 Å². The van der Waals surface area contributed by atoms with Crippen LogP contribution in [0.25, 0.3) is 0 Å². The summed E-state index contributed by atoms with van der Waals surface area (Å²) in [5.41, 5.74) is 3.64. The molecule has 136 valence electrons. The van der Waals surface area contributed by atoms with E-state index in [0.717, 1.165) is 29.8 Å². The second-order valence-corrected chi connectivity index (χ2v) is 7.64. The van der Waals surface area contributed by atoms with Gasteiger partial charge in [-0.15, -0.1) is 11.3 Å². The molecule has 2 rings (SSSR count). The SMILES string of the molecule is CCNC(=NCc1ccc(CN(C)C)cc1)NCc1nc(C)c(C)s1. The van der Waals surface area contributed by atoms with E-state index in [1.165, 1.54) is 16.0 Å². The molecular formula is C19H29N5S. The van der Waals surface area contributed by atoms with Gasteiger partial charge in [0.1, 0.15) is 5.01 Å². The highest BCUT2D eigenvalue weighted by molar-refractivity contribution is 7.11. The van der Waals surface area contributed by atoms with E-state index in [2.05, 4.69) is 84.6 Å². The first-order chi connectivity index (χ1) is 12.0. The summed E-state index contributed by atoms with van der Waals surface area (Å²) in [7, 11) is 4.16. The van der Waals surface area contributed by atoms with Gasteiger partial charge in [-0.25, -0.2) is 9.98 Å². The molecular weight excluding hydrogens is 330 g/mol. The lowest BCUT2D eigenvalue weighted by molar-refractivity contribution is 0.402. The van der Waals surface area contributed by atoms with Gasteiger partial charge in [0.05, 0.1) is 18.8 Å². The topological polar surface area (TPSA) is 52.6 Å². The predicted molar refractivity (Wildman–Crippen MR) is 107 cm³/mol. The van der Waals surface area contributed by atoms with E-state index in [1.54, 1.807) is 11.3 Å². The Labute approximate surface area is 155 Å². The number of rotatable bonds is 7. The molecule has 0 fully saturated rings. The van der Waals surface area contributed by atoms with Gasteiger partial charge >= 0.3 is 0 Å². The summed E-state index contributed by atoms with van der Waals surface area (Å²) in [6.07, 6.45) is 0. The maximum absolute atomic E-state index is 4.68. The van der Waals surface area contributed by atoms with Crippen LogP contribution in [0.5, 0.6) is 0 Å². The zero-order chi connectivity index (χ0) is 18.2. The van der Waals surface area contributed by atoms with Crippen molar-refractivity contribution < 1.29 is 0 Å². The van der Waals surface area contributed by atoms with E-state index in [-0.39, 0.29) is 0 Å². The molecule has 1 aromatic carbocycles. The summed E-state index contributed by atoms with van der Waals surface area (Å²) in [6, 6.07) is 8.65. The lowest BCUT2D eigenvalue weighted by atomic mass is 10.1. The number of nitrogens with zero attached hydrogens (tertiary/aromatic N) is 3. The fraction of sp³-hybridized carbons (Fsp3) is 0.474. The van der Waals surface area contributed by atoms with Crippen LogP contribution in [0.2, 0.25) is 0 Å². The van der Waals surface area contributed by atoms with E-state index in [1.807, 2.05) is 0 Å². The summed E-state index contributed by atoms with van der Waals surface area (Å²) in [4.78, 5) is 12.7. The average molecular weight is 360 g/mol. The van der Waals surface area contributed by atoms with Gasteiger partial charge in [-0.2, -0.15) is 0 Å². The number of aromatic nitrogens is 1. The molecule has 1 aromatic heterocycles. The highest BCUT2D eigenvalue weighted by Gasteiger charge is 2.05. The molecule has 25 heavy (non-hydrogen) atoms. The number of hydrogen-bond donors (Lipinski definition) is 2. The molecule has 5 nitrogen and oxygen atoms in total. The minimum Gasteiger partial charge on any atom is -0.357 e. The van der Waals surface area contributed by atoms with Crippen molar-refractivity contribution in [3.63, 3.8) is 0 Å². The van der Waals surface area contributed by atoms with Crippen LogP contribution in [-0.4, -0.2) is 36.5 Å². The molecule has 0 aliphatic heterocycles. The number of aliphatic imine (C=N–C) groups is 1. The van der Waals surface area contributed by atoms with Crippen molar-refractivity contribution >= 4 is 17.3 Å². The van der Waals surface area contributed by atoms with Crippen molar-refractivity contribution in [3.8, 4) is 0 Å². The van der Waals surface area contributed by atoms with Crippen LogP contribution in [0.1, 0.15) is 33.6 Å². The molecule has 2 N–H and O–H groups in total. The largest absolute Gasteiger partial charge is 0.357 e. The molecule has 6 heteroatoms. The summed E-state index contributed by atoms with van der Waals surface area (Å²) in [6.45, 7) is 9.39. The monoisotopic (exact) mass is 359 g/mol. The molecule has 1 heterocycles. The molecule has 0 bridgehead atoms. The summed E-state index contributed by atoms with van der Waals surface area (Å²) < 4.78 is 0. The first-order valence-corrected chi connectivity index (χ1v) is 9.47. The molecule has 2 aromatic rings. The lowest BCUT2D eigenvalue weighted by Crippen LogP contribution is -2.36. The van der Waals surface area contributed by atoms with Crippen LogP contribution >= 0.6 is 11.3 Å². The Bertz CT molecular complexity index is 669. The highest BCUT2D eigenvalue weighted by Crippen LogP contribution is 2.15. The third kappa shape index (κ3) is 6.48. The van der Waals surface area contributed by atoms with E-state index in [9.17, 15) is 0 Å². The van der Waals surface area contributed by atoms with E-state index >= 15 is 0 Å². The Balaban J connectivity index is 1.94. The molecule has 0 atom stereocenters. The van der Waals surface area contributed by atoms with Crippen molar-refractivity contribution in [2.24, 2.45) is 4.99 Å². The minimum absolute atomic E-state index is 0.660. The van der Waals surface area contributed by atoms with Crippen molar-refractivity contribution in [2.75, 3.05) is 20.6 Å². The summed E-state index contributed by atoms with van der Waals surface area (Å²) >= 11 is 1.73. The van der Waals surface area contributed by atoms with Crippen molar-refractivity contribution in [3.05, 3.63) is 51.0 Å². The predicted octanol–water partition coefficient (Wildman–Crippen LogP) is 3.08. The van der Waals surface area contributed by atoms with E-state index < -0.39 is 0 Å². The third-order valence-electron chi connectivity index (χ3n) is 3.77. The Kier molecular flexibility index (Phi) is 7.40. The normalized spacial score (nSPS) is 11.8. The lowest BCUT2D eigenvalue weighted by Gasteiger charge is -2.11. The summed E-state index contributed by atoms with van der Waals surface area (Å²) in [5, 5.41) is 7.75. The van der Waals surface area contributed by atoms with Gasteiger partial charge in [-0.1, -0.05) is 24.3 Å². The number of hydrogen-bond acceptors (Lipinski definition) is 4. The number of thiazole rings is 1. The second kappa shape index (κ2) is 9.53. The van der Waals surface area contributed by atoms with Crippen LogP contribution in [-0.2, 0) is 19.6 Å². The quantitative estimate of drug-likeness (QED) is 0.589. The second-order valence-electron chi connectivity index (χ2n) is 6.35. The first-order valence-electron chi connectivity index (χ1n) is 8.65. The number of nitrogens with one attached hydrogen (secondary N) is 2. The first kappa shape index (κ1) is 19.4. The van der Waals surface area contributed by atoms with Gasteiger partial charge in [0.2, 0.25) is 0 Å². The maximum Gasteiger partial charge on any atom is 0.191 e. The number of guanidine groups is 1. The Morgan fingerprint density at radius 2 is 1.80 bits per heavy atom. The summed E-state index contributed by atoms with van der Waals surface area (Å²) in [5.74, 6) is 0.824. The zero-order valence-corrected chi connectivity index (χ0v) is 16.7. The molecule has 0 aliphatic carbocycles. The third-order valence-corrected chi connectivity index (χ3v) is 4.84. The van der Waals surface area contributed by atoms with Crippen molar-refractivity contribution in [1.82, 2.24) is 20.5 Å². The van der Waals surface area contributed by atoms with Crippen LogP contribution in [0.4, 0.5) is 0 Å². The highest BCUT2D eigenvalue weighted by atomic mass is 32.1. The standard InChI is InChI=1S/C19H29N5S/c1-6-20-19(22-12-18-23-14(2)15(3)25-18)21-11-16-7-9-17(10-8-16)13-24(4)5/h7-10H,6,11-13H2,1-5H3,(H2,20,21,22). The molecule has 0 aliphatic rings. The van der Waals surface area contributed by atoms with Gasteiger partial charge < -0.3 is 15.5 Å². The fourth-order valence-electron chi connectivity index (χ4n) is 2.40. The molecule has 0 saturated carbocycles. The van der Waals surface area contributed by atoms with Gasteiger partial charge in [-0.05, 0) is 46.0 Å². The van der Waals surface area contributed by atoms with Crippen molar-refractivity contribution in [1.29, 1.82) is 0 Å². The number of aryl methyl sites for hydroxylation is 2. The molecule has 0 radical (unpaired) electrons. The van der Waals surface area contributed by atoms with Gasteiger partial charge in [0.15, 0.2) is 5.96 Å². The fourth-order valence-corrected chi connectivity index (χ4v) is 3.28. The average Bonchev–Trinajstić information content (AvgIpc) is 2.89. The van der Waals surface area contributed by atoms with Crippen LogP contribution in [0.3, 0.4) is 0 Å². The van der Waals surface area contributed by atoms with E-state index in [4.69, 9.17) is 0 Å². The van der Waals surface area contributed by atoms with Gasteiger partial charge in [0, 0.05) is 18.0 Å². The van der Waals surface area contributed by atoms with Crippen molar-refractivity contribution in [2.45, 2.75) is 40.4 Å². The van der Waals surface area contributed by atoms with Crippen LogP contribution < -0.4 is 10.6 Å². The molecule has 0 amide bonds. The Morgan fingerprint density at radius 3 is 2.36 bits per heavy atom. The van der Waals surface area contributed by atoms with E-state index in [0.29, 0.717) is 13.1 Å². The van der Waals surface area contributed by atoms with Gasteiger partial charge in [0.25, 0.3) is 0 Å². The Morgan fingerprint density at radius 1 is 1.12 bits per heavy atom. The maximum atomic E-state index is 4.68. The molecule has 0 unspecified atom stereocenters.